The Morgan fingerprint density at radius 1 is 1.25 bits per heavy atom. The predicted octanol–water partition coefficient (Wildman–Crippen LogP) is 1.89. The first-order valence-corrected chi connectivity index (χ1v) is 5.17. The quantitative estimate of drug-likeness (QED) is 0.594. The highest BCUT2D eigenvalue weighted by Crippen LogP contribution is 2.26. The fourth-order valence-corrected chi connectivity index (χ4v) is 1.74. The van der Waals surface area contributed by atoms with Crippen molar-refractivity contribution in [2.75, 3.05) is 24.4 Å². The Hall–Kier alpha value is -1.81. The van der Waals surface area contributed by atoms with Gasteiger partial charge < -0.3 is 10.3 Å². The van der Waals surface area contributed by atoms with Gasteiger partial charge in [-0.25, -0.2) is 0 Å². The molecule has 0 saturated carbocycles. The molecule has 2 rings (SSSR count). The maximum atomic E-state index is 5.52. The molecule has 0 aliphatic rings. The van der Waals surface area contributed by atoms with Crippen LogP contribution in [0.2, 0.25) is 0 Å². The molecule has 0 spiro atoms. The Bertz CT molecular complexity index is 520. The van der Waals surface area contributed by atoms with Crippen molar-refractivity contribution < 1.29 is 0 Å². The zero-order valence-electron chi connectivity index (χ0n) is 9.78. The van der Waals surface area contributed by atoms with Gasteiger partial charge in [0, 0.05) is 30.9 Å². The first kappa shape index (κ1) is 10.7. The van der Waals surface area contributed by atoms with Crippen molar-refractivity contribution in [2.45, 2.75) is 6.92 Å². The Morgan fingerprint density at radius 3 is 2.62 bits per heavy atom. The van der Waals surface area contributed by atoms with E-state index in [0.29, 0.717) is 0 Å². The SMILES string of the molecule is Cc1cc(NN)c2cc(N(C)C)ccc2n1. The van der Waals surface area contributed by atoms with Crippen LogP contribution in [0.15, 0.2) is 24.3 Å². The molecular weight excluding hydrogens is 200 g/mol. The molecule has 0 aliphatic heterocycles. The number of hydrogen-bond donors (Lipinski definition) is 2. The highest BCUT2D eigenvalue weighted by molar-refractivity contribution is 5.93. The van der Waals surface area contributed by atoms with Crippen molar-refractivity contribution in [3.05, 3.63) is 30.0 Å². The lowest BCUT2D eigenvalue weighted by Gasteiger charge is -2.14. The highest BCUT2D eigenvalue weighted by Gasteiger charge is 2.04. The summed E-state index contributed by atoms with van der Waals surface area (Å²) in [6, 6.07) is 8.09. The number of pyridine rings is 1. The summed E-state index contributed by atoms with van der Waals surface area (Å²) in [6.45, 7) is 1.96. The molecule has 0 amide bonds. The number of anilines is 2. The zero-order chi connectivity index (χ0) is 11.7. The van der Waals surface area contributed by atoms with Crippen LogP contribution in [-0.2, 0) is 0 Å². The number of benzene rings is 1. The van der Waals surface area contributed by atoms with E-state index in [1.165, 1.54) is 0 Å². The van der Waals surface area contributed by atoms with E-state index in [1.54, 1.807) is 0 Å². The molecule has 0 aliphatic carbocycles. The number of rotatable bonds is 2. The van der Waals surface area contributed by atoms with E-state index < -0.39 is 0 Å². The topological polar surface area (TPSA) is 54.2 Å². The standard InChI is InChI=1S/C12H16N4/c1-8-6-12(15-13)10-7-9(16(2)3)4-5-11(10)14-8/h4-7H,13H2,1-3H3,(H,14,15). The molecule has 1 heterocycles. The summed E-state index contributed by atoms with van der Waals surface area (Å²) in [5.41, 5.74) is 6.67. The van der Waals surface area contributed by atoms with Gasteiger partial charge in [-0.3, -0.25) is 10.8 Å². The summed E-state index contributed by atoms with van der Waals surface area (Å²) in [6.07, 6.45) is 0. The second kappa shape index (κ2) is 3.98. The largest absolute Gasteiger partial charge is 0.378 e. The van der Waals surface area contributed by atoms with E-state index in [2.05, 4.69) is 27.4 Å². The van der Waals surface area contributed by atoms with E-state index in [9.17, 15) is 0 Å². The molecule has 0 fully saturated rings. The van der Waals surface area contributed by atoms with Crippen LogP contribution in [0, 0.1) is 6.92 Å². The minimum atomic E-state index is 0.909. The first-order valence-electron chi connectivity index (χ1n) is 5.17. The van der Waals surface area contributed by atoms with E-state index >= 15 is 0 Å². The number of nitrogens with one attached hydrogen (secondary N) is 1. The van der Waals surface area contributed by atoms with Gasteiger partial charge in [-0.05, 0) is 31.2 Å². The maximum absolute atomic E-state index is 5.52. The molecule has 4 heteroatoms. The lowest BCUT2D eigenvalue weighted by atomic mass is 10.1. The second-order valence-electron chi connectivity index (χ2n) is 4.05. The molecule has 0 radical (unpaired) electrons. The lowest BCUT2D eigenvalue weighted by molar-refractivity contribution is 1.13. The monoisotopic (exact) mass is 216 g/mol. The van der Waals surface area contributed by atoms with Crippen molar-refractivity contribution in [2.24, 2.45) is 5.84 Å². The van der Waals surface area contributed by atoms with Crippen LogP contribution < -0.4 is 16.2 Å². The van der Waals surface area contributed by atoms with Crippen molar-refractivity contribution in [3.8, 4) is 0 Å². The first-order chi connectivity index (χ1) is 7.61. The third kappa shape index (κ3) is 1.79. The van der Waals surface area contributed by atoms with Gasteiger partial charge in [-0.15, -0.1) is 0 Å². The normalized spacial score (nSPS) is 10.5. The zero-order valence-corrected chi connectivity index (χ0v) is 9.78. The number of aryl methyl sites for hydroxylation is 1. The van der Waals surface area contributed by atoms with Gasteiger partial charge in [0.05, 0.1) is 11.2 Å². The molecule has 0 unspecified atom stereocenters. The highest BCUT2D eigenvalue weighted by atomic mass is 15.2. The molecular formula is C12H16N4. The molecule has 3 N–H and O–H groups in total. The minimum absolute atomic E-state index is 0.909. The summed E-state index contributed by atoms with van der Waals surface area (Å²) in [7, 11) is 4.02. The maximum Gasteiger partial charge on any atom is 0.0727 e. The van der Waals surface area contributed by atoms with E-state index in [4.69, 9.17) is 5.84 Å². The summed E-state index contributed by atoms with van der Waals surface area (Å²) in [4.78, 5) is 6.53. The predicted molar refractivity (Wildman–Crippen MR) is 68.6 cm³/mol. The molecule has 1 aromatic carbocycles. The van der Waals surface area contributed by atoms with E-state index in [0.717, 1.165) is 28.0 Å². The number of aromatic nitrogens is 1. The summed E-state index contributed by atoms with van der Waals surface area (Å²) < 4.78 is 0. The van der Waals surface area contributed by atoms with Crippen LogP contribution in [0.25, 0.3) is 10.9 Å². The molecule has 0 bridgehead atoms. The van der Waals surface area contributed by atoms with Gasteiger partial charge in [0.15, 0.2) is 0 Å². The molecule has 84 valence electrons. The van der Waals surface area contributed by atoms with Crippen molar-refractivity contribution in [3.63, 3.8) is 0 Å². The van der Waals surface area contributed by atoms with E-state index in [1.807, 2.05) is 33.2 Å². The van der Waals surface area contributed by atoms with Gasteiger partial charge in [-0.1, -0.05) is 0 Å². The smallest absolute Gasteiger partial charge is 0.0727 e. The number of nitrogen functional groups attached to an aromatic ring is 1. The van der Waals surface area contributed by atoms with Crippen LogP contribution in [-0.4, -0.2) is 19.1 Å². The number of nitrogens with zero attached hydrogens (tertiary/aromatic N) is 2. The van der Waals surface area contributed by atoms with Crippen LogP contribution >= 0.6 is 0 Å². The fourth-order valence-electron chi connectivity index (χ4n) is 1.74. The Kier molecular flexibility index (Phi) is 2.66. The van der Waals surface area contributed by atoms with Gasteiger partial charge in [-0.2, -0.15) is 0 Å². The van der Waals surface area contributed by atoms with E-state index in [-0.39, 0.29) is 0 Å². The molecule has 1 aromatic heterocycles. The third-order valence-corrected chi connectivity index (χ3v) is 2.59. The third-order valence-electron chi connectivity index (χ3n) is 2.59. The van der Waals surface area contributed by atoms with Gasteiger partial charge in [0.25, 0.3) is 0 Å². The summed E-state index contributed by atoms with van der Waals surface area (Å²) >= 11 is 0. The molecule has 4 nitrogen and oxygen atoms in total. The van der Waals surface area contributed by atoms with Gasteiger partial charge >= 0.3 is 0 Å². The Labute approximate surface area is 95.0 Å². The fraction of sp³-hybridized carbons (Fsp3) is 0.250. The molecule has 2 aromatic rings. The average molecular weight is 216 g/mol. The lowest BCUT2D eigenvalue weighted by Crippen LogP contribution is -2.10. The van der Waals surface area contributed by atoms with Crippen molar-refractivity contribution in [1.29, 1.82) is 0 Å². The summed E-state index contributed by atoms with van der Waals surface area (Å²) in [5, 5.41) is 1.04. The van der Waals surface area contributed by atoms with Crippen molar-refractivity contribution in [1.82, 2.24) is 4.98 Å². The second-order valence-corrected chi connectivity index (χ2v) is 4.05. The number of fused-ring (bicyclic) bond motifs is 1. The average Bonchev–Trinajstić information content (AvgIpc) is 2.27. The molecule has 0 saturated heterocycles. The summed E-state index contributed by atoms with van der Waals surface area (Å²) in [5.74, 6) is 5.52. The molecule has 0 atom stereocenters. The number of nitrogens with two attached hydrogens (primary N) is 1. The van der Waals surface area contributed by atoms with Crippen LogP contribution in [0.1, 0.15) is 5.69 Å². The van der Waals surface area contributed by atoms with Crippen LogP contribution in [0.3, 0.4) is 0 Å². The van der Waals surface area contributed by atoms with Gasteiger partial charge in [0.1, 0.15) is 0 Å². The van der Waals surface area contributed by atoms with Crippen LogP contribution in [0.5, 0.6) is 0 Å². The Morgan fingerprint density at radius 2 is 2.00 bits per heavy atom. The number of hydrogen-bond acceptors (Lipinski definition) is 4. The minimum Gasteiger partial charge on any atom is -0.378 e. The van der Waals surface area contributed by atoms with Gasteiger partial charge in [0.2, 0.25) is 0 Å². The number of hydrazine groups is 1. The Balaban J connectivity index is 2.71. The van der Waals surface area contributed by atoms with Crippen LogP contribution in [0.4, 0.5) is 11.4 Å². The van der Waals surface area contributed by atoms with Crippen molar-refractivity contribution >= 4 is 22.3 Å². The molecule has 16 heavy (non-hydrogen) atoms.